The van der Waals surface area contributed by atoms with Crippen LogP contribution in [0.1, 0.15) is 31.2 Å². The van der Waals surface area contributed by atoms with E-state index in [1.807, 2.05) is 54.6 Å². The summed E-state index contributed by atoms with van der Waals surface area (Å²) in [7, 11) is 0. The van der Waals surface area contributed by atoms with E-state index in [4.69, 9.17) is 0 Å². The number of hydrogen-bond donors (Lipinski definition) is 2. The molecule has 1 aliphatic carbocycles. The van der Waals surface area contributed by atoms with Gasteiger partial charge in [0.15, 0.2) is 0 Å². The highest BCUT2D eigenvalue weighted by molar-refractivity contribution is 5.90. The second-order valence-corrected chi connectivity index (χ2v) is 7.23. The molecule has 0 aliphatic heterocycles. The number of carbonyl (C=O) groups excluding carboxylic acids is 1. The smallest absolute Gasteiger partial charge is 0.350 e. The first-order chi connectivity index (χ1) is 13.7. The second-order valence-electron chi connectivity index (χ2n) is 7.23. The molecule has 0 unspecified atom stereocenters. The quantitative estimate of drug-likeness (QED) is 0.693. The molecule has 2 N–H and O–H groups in total. The molecule has 1 fully saturated rings. The Balaban J connectivity index is 1.56. The van der Waals surface area contributed by atoms with E-state index in [-0.39, 0.29) is 12.5 Å². The number of carbonyl (C=O) groups is 1. The van der Waals surface area contributed by atoms with Gasteiger partial charge >= 0.3 is 5.69 Å². The minimum atomic E-state index is -0.408. The number of nitrogens with zero attached hydrogens (tertiary/aromatic N) is 2. The van der Waals surface area contributed by atoms with E-state index in [0.29, 0.717) is 18.4 Å². The molecular weight excluding hydrogens is 352 g/mol. The molecule has 0 spiro atoms. The molecule has 28 heavy (non-hydrogen) atoms. The normalized spacial score (nSPS) is 14.3. The molecule has 1 amide bonds. The summed E-state index contributed by atoms with van der Waals surface area (Å²) in [6.45, 7) is 0.379. The van der Waals surface area contributed by atoms with E-state index in [0.717, 1.165) is 29.3 Å². The van der Waals surface area contributed by atoms with Crippen molar-refractivity contribution in [3.8, 4) is 0 Å². The lowest BCUT2D eigenvalue weighted by Gasteiger charge is -2.17. The summed E-state index contributed by atoms with van der Waals surface area (Å²) in [4.78, 5) is 29.4. The van der Waals surface area contributed by atoms with E-state index in [9.17, 15) is 9.59 Å². The summed E-state index contributed by atoms with van der Waals surface area (Å²) in [5.74, 6) is 0.405. The Labute approximate surface area is 163 Å². The summed E-state index contributed by atoms with van der Waals surface area (Å²) in [5, 5.41) is 7.16. The van der Waals surface area contributed by atoms with Crippen LogP contribution in [0.3, 0.4) is 0 Å². The predicted molar refractivity (Wildman–Crippen MR) is 110 cm³/mol. The van der Waals surface area contributed by atoms with Gasteiger partial charge in [0.1, 0.15) is 12.4 Å². The van der Waals surface area contributed by atoms with Crippen LogP contribution in [0, 0.1) is 0 Å². The van der Waals surface area contributed by atoms with Gasteiger partial charge in [0, 0.05) is 18.0 Å². The van der Waals surface area contributed by atoms with E-state index >= 15 is 0 Å². The Morgan fingerprint density at radius 3 is 2.54 bits per heavy atom. The van der Waals surface area contributed by atoms with Gasteiger partial charge in [0.05, 0.1) is 5.52 Å². The van der Waals surface area contributed by atoms with Crippen molar-refractivity contribution in [2.24, 2.45) is 0 Å². The van der Waals surface area contributed by atoms with Crippen molar-refractivity contribution in [1.29, 1.82) is 0 Å². The van der Waals surface area contributed by atoms with Crippen LogP contribution in [0.2, 0.25) is 0 Å². The molecule has 6 nitrogen and oxygen atoms in total. The predicted octanol–water partition coefficient (Wildman–Crippen LogP) is 3.07. The van der Waals surface area contributed by atoms with Crippen LogP contribution in [-0.4, -0.2) is 21.5 Å². The van der Waals surface area contributed by atoms with Crippen LogP contribution < -0.4 is 16.3 Å². The fourth-order valence-corrected chi connectivity index (χ4v) is 3.75. The fourth-order valence-electron chi connectivity index (χ4n) is 3.75. The summed E-state index contributed by atoms with van der Waals surface area (Å²) in [6.07, 6.45) is 4.60. The lowest BCUT2D eigenvalue weighted by atomic mass is 10.2. The van der Waals surface area contributed by atoms with Crippen LogP contribution in [-0.2, 0) is 17.9 Å². The number of nitrogens with one attached hydrogen (secondary N) is 2. The third kappa shape index (κ3) is 4.06. The van der Waals surface area contributed by atoms with Crippen molar-refractivity contribution < 1.29 is 4.79 Å². The number of amides is 1. The number of benzene rings is 2. The Kier molecular flexibility index (Phi) is 5.37. The summed E-state index contributed by atoms with van der Waals surface area (Å²) >= 11 is 0. The number of aromatic nitrogens is 2. The van der Waals surface area contributed by atoms with Gasteiger partial charge in [-0.05, 0) is 30.5 Å². The number of para-hydroxylation sites is 1. The molecule has 1 aromatic heterocycles. The third-order valence-electron chi connectivity index (χ3n) is 5.22. The molecule has 3 aromatic rings. The Morgan fingerprint density at radius 2 is 1.75 bits per heavy atom. The lowest BCUT2D eigenvalue weighted by molar-refractivity contribution is -0.121. The lowest BCUT2D eigenvalue weighted by Crippen LogP contribution is -2.34. The highest BCUT2D eigenvalue weighted by Crippen LogP contribution is 2.25. The highest BCUT2D eigenvalue weighted by Gasteiger charge is 2.18. The molecule has 6 heteroatoms. The van der Waals surface area contributed by atoms with Crippen molar-refractivity contribution in [3.63, 3.8) is 0 Å². The van der Waals surface area contributed by atoms with Gasteiger partial charge in [-0.2, -0.15) is 4.98 Å². The molecule has 0 atom stereocenters. The molecule has 4 rings (SSSR count). The first-order valence-electron chi connectivity index (χ1n) is 9.77. The molecule has 144 valence electrons. The average Bonchev–Trinajstić information content (AvgIpc) is 3.23. The monoisotopic (exact) mass is 376 g/mol. The highest BCUT2D eigenvalue weighted by atomic mass is 16.2. The zero-order valence-corrected chi connectivity index (χ0v) is 15.7. The van der Waals surface area contributed by atoms with E-state index in [1.54, 1.807) is 0 Å². The van der Waals surface area contributed by atoms with Gasteiger partial charge in [0.25, 0.3) is 0 Å². The standard InChI is InChI=1S/C22H24N4O2/c27-20(23-14-16-8-2-1-3-9-16)15-26-19-13-7-6-12-18(19)21(25-22(26)28)24-17-10-4-5-11-17/h1-3,6-9,12-13,17H,4-5,10-11,14-15H2,(H,23,27)(H,24,25,28). The Hall–Kier alpha value is -3.15. The van der Waals surface area contributed by atoms with Gasteiger partial charge < -0.3 is 10.6 Å². The maximum Gasteiger partial charge on any atom is 0.350 e. The topological polar surface area (TPSA) is 76.0 Å². The van der Waals surface area contributed by atoms with Crippen molar-refractivity contribution >= 4 is 22.6 Å². The average molecular weight is 376 g/mol. The van der Waals surface area contributed by atoms with Gasteiger partial charge in [-0.25, -0.2) is 4.79 Å². The number of anilines is 1. The molecule has 2 aromatic carbocycles. The first-order valence-corrected chi connectivity index (χ1v) is 9.77. The minimum absolute atomic E-state index is 0.0527. The first kappa shape index (κ1) is 18.2. The second kappa shape index (κ2) is 8.25. The third-order valence-corrected chi connectivity index (χ3v) is 5.22. The molecule has 0 bridgehead atoms. The largest absolute Gasteiger partial charge is 0.367 e. The maximum absolute atomic E-state index is 12.7. The zero-order chi connectivity index (χ0) is 19.3. The van der Waals surface area contributed by atoms with E-state index in [1.165, 1.54) is 17.4 Å². The molecule has 1 saturated carbocycles. The van der Waals surface area contributed by atoms with Gasteiger partial charge in [-0.1, -0.05) is 55.3 Å². The van der Waals surface area contributed by atoms with Crippen LogP contribution in [0.25, 0.3) is 10.9 Å². The van der Waals surface area contributed by atoms with Crippen molar-refractivity contribution in [2.75, 3.05) is 5.32 Å². The molecule has 0 radical (unpaired) electrons. The summed E-state index contributed by atoms with van der Waals surface area (Å²) < 4.78 is 1.44. The van der Waals surface area contributed by atoms with Gasteiger partial charge in [-0.15, -0.1) is 0 Å². The number of hydrogen-bond acceptors (Lipinski definition) is 4. The molecule has 0 saturated heterocycles. The van der Waals surface area contributed by atoms with Crippen LogP contribution in [0.15, 0.2) is 59.4 Å². The Morgan fingerprint density at radius 1 is 1.04 bits per heavy atom. The summed E-state index contributed by atoms with van der Waals surface area (Å²) in [5.41, 5.74) is 1.33. The molecular formula is C22H24N4O2. The Bertz CT molecular complexity index is 1020. The number of rotatable bonds is 6. The molecule has 1 heterocycles. The van der Waals surface area contributed by atoms with Crippen LogP contribution >= 0.6 is 0 Å². The maximum atomic E-state index is 12.7. The fraction of sp³-hybridized carbons (Fsp3) is 0.318. The minimum Gasteiger partial charge on any atom is -0.367 e. The molecule has 1 aliphatic rings. The zero-order valence-electron chi connectivity index (χ0n) is 15.7. The van der Waals surface area contributed by atoms with E-state index < -0.39 is 5.69 Å². The van der Waals surface area contributed by atoms with Crippen LogP contribution in [0.5, 0.6) is 0 Å². The van der Waals surface area contributed by atoms with Crippen LogP contribution in [0.4, 0.5) is 5.82 Å². The van der Waals surface area contributed by atoms with E-state index in [2.05, 4.69) is 15.6 Å². The van der Waals surface area contributed by atoms with Crippen molar-refractivity contribution in [2.45, 2.75) is 44.8 Å². The van der Waals surface area contributed by atoms with Gasteiger partial charge in [-0.3, -0.25) is 9.36 Å². The van der Waals surface area contributed by atoms with Gasteiger partial charge in [0.2, 0.25) is 5.91 Å². The SMILES string of the molecule is O=C(Cn1c(=O)nc(NC2CCCC2)c2ccccc21)NCc1ccccc1. The van der Waals surface area contributed by atoms with Crippen molar-refractivity contribution in [3.05, 3.63) is 70.6 Å². The number of fused-ring (bicyclic) bond motifs is 1. The summed E-state index contributed by atoms with van der Waals surface area (Å²) in [6, 6.07) is 17.7. The van der Waals surface area contributed by atoms with Crippen molar-refractivity contribution in [1.82, 2.24) is 14.9 Å².